The van der Waals surface area contributed by atoms with Gasteiger partial charge in [-0.05, 0) is 55.4 Å². The van der Waals surface area contributed by atoms with Gasteiger partial charge in [0.1, 0.15) is 0 Å². The summed E-state index contributed by atoms with van der Waals surface area (Å²) in [4.78, 5) is 13.4. The zero-order valence-corrected chi connectivity index (χ0v) is 19.6. The molecule has 1 N–H and O–H groups in total. The molecule has 1 atom stereocenters. The van der Waals surface area contributed by atoms with E-state index in [1.54, 1.807) is 22.5 Å². The van der Waals surface area contributed by atoms with Gasteiger partial charge in [0.2, 0.25) is 10.0 Å². The van der Waals surface area contributed by atoms with Crippen molar-refractivity contribution in [3.63, 3.8) is 0 Å². The molecule has 0 spiro atoms. The smallest absolute Gasteiger partial charge is 0.252 e. The highest BCUT2D eigenvalue weighted by molar-refractivity contribution is 7.89. The van der Waals surface area contributed by atoms with Gasteiger partial charge in [-0.2, -0.15) is 4.31 Å². The maximum atomic E-state index is 13.2. The number of carbonyl (C=O) groups is 1. The van der Waals surface area contributed by atoms with Crippen molar-refractivity contribution in [2.45, 2.75) is 63.8 Å². The molecule has 168 valence electrons. The standard InChI is InChI=1S/C25H34N2O3S/c1-19(2)17-24(21-11-7-6-8-12-21)26-25(28)23-18-22(14-13-20(23)3)31(29,30)27-15-9-4-5-10-16-27/h6-8,11-14,18-19,24H,4-5,9-10,15-17H2,1-3H3,(H,26,28)/t24-/m1/s1. The molecule has 1 aliphatic heterocycles. The largest absolute Gasteiger partial charge is 0.345 e. The Labute approximate surface area is 186 Å². The van der Waals surface area contributed by atoms with Crippen LogP contribution < -0.4 is 5.32 Å². The van der Waals surface area contributed by atoms with Gasteiger partial charge < -0.3 is 5.32 Å². The van der Waals surface area contributed by atoms with Gasteiger partial charge in [-0.15, -0.1) is 0 Å². The van der Waals surface area contributed by atoms with Crippen LogP contribution in [-0.2, 0) is 10.0 Å². The SMILES string of the molecule is Cc1ccc(S(=O)(=O)N2CCCCCC2)cc1C(=O)N[C@H](CC(C)C)c1ccccc1. The number of nitrogens with one attached hydrogen (secondary N) is 1. The highest BCUT2D eigenvalue weighted by Gasteiger charge is 2.27. The van der Waals surface area contributed by atoms with Gasteiger partial charge in [-0.25, -0.2) is 8.42 Å². The molecule has 1 aliphatic rings. The Kier molecular flexibility index (Phi) is 7.89. The number of hydrogen-bond acceptors (Lipinski definition) is 3. The molecule has 2 aromatic rings. The molecule has 0 saturated carbocycles. The second kappa shape index (κ2) is 10.4. The minimum atomic E-state index is -3.60. The van der Waals surface area contributed by atoms with Crippen LogP contribution >= 0.6 is 0 Å². The van der Waals surface area contributed by atoms with E-state index in [4.69, 9.17) is 0 Å². The van der Waals surface area contributed by atoms with Crippen LogP contribution in [0.15, 0.2) is 53.4 Å². The van der Waals surface area contributed by atoms with E-state index in [9.17, 15) is 13.2 Å². The van der Waals surface area contributed by atoms with E-state index < -0.39 is 10.0 Å². The maximum Gasteiger partial charge on any atom is 0.252 e. The summed E-state index contributed by atoms with van der Waals surface area (Å²) in [6, 6.07) is 14.7. The molecule has 1 fully saturated rings. The molecular formula is C25H34N2O3S. The lowest BCUT2D eigenvalue weighted by Gasteiger charge is -2.23. The van der Waals surface area contributed by atoms with Gasteiger partial charge in [-0.3, -0.25) is 4.79 Å². The van der Waals surface area contributed by atoms with Crippen molar-refractivity contribution < 1.29 is 13.2 Å². The number of amides is 1. The summed E-state index contributed by atoms with van der Waals surface area (Å²) in [5, 5.41) is 3.14. The molecule has 0 bridgehead atoms. The second-order valence-electron chi connectivity index (χ2n) is 8.86. The van der Waals surface area contributed by atoms with Crippen molar-refractivity contribution in [2.75, 3.05) is 13.1 Å². The van der Waals surface area contributed by atoms with E-state index in [2.05, 4.69) is 19.2 Å². The third-order valence-corrected chi connectivity index (χ3v) is 7.77. The number of rotatable bonds is 7. The fourth-order valence-corrected chi connectivity index (χ4v) is 5.65. The first-order chi connectivity index (χ1) is 14.8. The molecule has 6 heteroatoms. The van der Waals surface area contributed by atoms with E-state index in [0.717, 1.165) is 43.2 Å². The van der Waals surface area contributed by atoms with Gasteiger partial charge in [0.15, 0.2) is 0 Å². The normalized spacial score (nSPS) is 16.6. The van der Waals surface area contributed by atoms with Crippen molar-refractivity contribution in [3.05, 3.63) is 65.2 Å². The fraction of sp³-hybridized carbons (Fsp3) is 0.480. The molecule has 31 heavy (non-hydrogen) atoms. The van der Waals surface area contributed by atoms with E-state index in [1.807, 2.05) is 37.3 Å². The summed E-state index contributed by atoms with van der Waals surface area (Å²) in [6.07, 6.45) is 4.69. The molecule has 5 nitrogen and oxygen atoms in total. The molecule has 3 rings (SSSR count). The Morgan fingerprint density at radius 3 is 2.26 bits per heavy atom. The summed E-state index contributed by atoms with van der Waals surface area (Å²) in [5.74, 6) is 0.168. The van der Waals surface area contributed by atoms with Gasteiger partial charge >= 0.3 is 0 Å². The van der Waals surface area contributed by atoms with Crippen molar-refractivity contribution in [1.29, 1.82) is 0 Å². The van der Waals surface area contributed by atoms with Crippen LogP contribution in [0.25, 0.3) is 0 Å². The molecule has 0 aliphatic carbocycles. The monoisotopic (exact) mass is 442 g/mol. The number of aryl methyl sites for hydroxylation is 1. The molecule has 0 unspecified atom stereocenters. The van der Waals surface area contributed by atoms with Gasteiger partial charge in [-0.1, -0.05) is 63.1 Å². The number of benzene rings is 2. The molecular weight excluding hydrogens is 408 g/mol. The Balaban J connectivity index is 1.87. The van der Waals surface area contributed by atoms with Crippen LogP contribution in [0, 0.1) is 12.8 Å². The van der Waals surface area contributed by atoms with E-state index >= 15 is 0 Å². The summed E-state index contributed by atoms with van der Waals surface area (Å²) in [5.41, 5.74) is 2.24. The predicted octanol–water partition coefficient (Wildman–Crippen LogP) is 5.08. The number of hydrogen-bond donors (Lipinski definition) is 1. The van der Waals surface area contributed by atoms with Crippen LogP contribution in [0.1, 0.15) is 73.5 Å². The van der Waals surface area contributed by atoms with Gasteiger partial charge in [0, 0.05) is 18.7 Å². The fourth-order valence-electron chi connectivity index (χ4n) is 4.11. The van der Waals surface area contributed by atoms with Gasteiger partial charge in [0.25, 0.3) is 5.91 Å². The minimum absolute atomic E-state index is 0.126. The average molecular weight is 443 g/mol. The zero-order valence-electron chi connectivity index (χ0n) is 18.8. The Bertz CT molecular complexity index is 979. The van der Waals surface area contributed by atoms with Crippen LogP contribution in [0.2, 0.25) is 0 Å². The molecule has 2 aromatic carbocycles. The molecule has 0 aromatic heterocycles. The topological polar surface area (TPSA) is 66.5 Å². The summed E-state index contributed by atoms with van der Waals surface area (Å²) in [7, 11) is -3.60. The molecule has 1 amide bonds. The van der Waals surface area contributed by atoms with Crippen LogP contribution in [0.3, 0.4) is 0 Å². The van der Waals surface area contributed by atoms with Crippen LogP contribution in [-0.4, -0.2) is 31.7 Å². The Hall–Kier alpha value is -2.18. The van der Waals surface area contributed by atoms with E-state index in [0.29, 0.717) is 24.6 Å². The highest BCUT2D eigenvalue weighted by Crippen LogP contribution is 2.25. The first-order valence-electron chi connectivity index (χ1n) is 11.3. The zero-order chi connectivity index (χ0) is 22.4. The van der Waals surface area contributed by atoms with Crippen LogP contribution in [0.5, 0.6) is 0 Å². The number of nitrogens with zero attached hydrogens (tertiary/aromatic N) is 1. The van der Waals surface area contributed by atoms with Crippen molar-refractivity contribution >= 4 is 15.9 Å². The summed E-state index contributed by atoms with van der Waals surface area (Å²) >= 11 is 0. The highest BCUT2D eigenvalue weighted by atomic mass is 32.2. The third-order valence-electron chi connectivity index (χ3n) is 5.87. The van der Waals surface area contributed by atoms with E-state index in [-0.39, 0.29) is 16.8 Å². The summed E-state index contributed by atoms with van der Waals surface area (Å²) < 4.78 is 28.0. The summed E-state index contributed by atoms with van der Waals surface area (Å²) in [6.45, 7) is 7.19. The lowest BCUT2D eigenvalue weighted by atomic mass is 9.96. The third kappa shape index (κ3) is 5.95. The number of carbonyl (C=O) groups excluding carboxylic acids is 1. The molecule has 1 heterocycles. The van der Waals surface area contributed by atoms with Gasteiger partial charge in [0.05, 0.1) is 10.9 Å². The number of sulfonamides is 1. The minimum Gasteiger partial charge on any atom is -0.345 e. The molecule has 1 saturated heterocycles. The van der Waals surface area contributed by atoms with Crippen molar-refractivity contribution in [1.82, 2.24) is 9.62 Å². The quantitative estimate of drug-likeness (QED) is 0.650. The first-order valence-corrected chi connectivity index (χ1v) is 12.7. The van der Waals surface area contributed by atoms with Crippen molar-refractivity contribution in [3.8, 4) is 0 Å². The maximum absolute atomic E-state index is 13.2. The lowest BCUT2D eigenvalue weighted by Crippen LogP contribution is -2.33. The van der Waals surface area contributed by atoms with E-state index in [1.165, 1.54) is 0 Å². The Morgan fingerprint density at radius 2 is 1.65 bits per heavy atom. The van der Waals surface area contributed by atoms with Crippen LogP contribution in [0.4, 0.5) is 0 Å². The molecule has 0 radical (unpaired) electrons. The lowest BCUT2D eigenvalue weighted by molar-refractivity contribution is 0.0931. The van der Waals surface area contributed by atoms with Crippen molar-refractivity contribution in [2.24, 2.45) is 5.92 Å². The average Bonchev–Trinajstić information content (AvgIpc) is 3.04. The second-order valence-corrected chi connectivity index (χ2v) is 10.8. The predicted molar refractivity (Wildman–Crippen MR) is 125 cm³/mol. The first kappa shape index (κ1) is 23.5. The Morgan fingerprint density at radius 1 is 1.00 bits per heavy atom.